The molecular formula is C13H15ClN4O2. The highest BCUT2D eigenvalue weighted by Crippen LogP contribution is 2.22. The van der Waals surface area contributed by atoms with E-state index in [9.17, 15) is 10.1 Å². The summed E-state index contributed by atoms with van der Waals surface area (Å²) in [5.41, 5.74) is 2.02. The van der Waals surface area contributed by atoms with E-state index < -0.39 is 4.92 Å². The molecule has 106 valence electrons. The molecule has 0 saturated heterocycles. The molecule has 0 aliphatic heterocycles. The highest BCUT2D eigenvalue weighted by Gasteiger charge is 2.08. The number of nitrogens with zero attached hydrogens (tertiary/aromatic N) is 3. The number of benzene rings is 1. The van der Waals surface area contributed by atoms with E-state index in [0.717, 1.165) is 24.1 Å². The molecule has 0 aliphatic rings. The Morgan fingerprint density at radius 3 is 2.90 bits per heavy atom. The van der Waals surface area contributed by atoms with Crippen LogP contribution < -0.4 is 5.32 Å². The second kappa shape index (κ2) is 6.49. The van der Waals surface area contributed by atoms with E-state index in [2.05, 4.69) is 10.4 Å². The topological polar surface area (TPSA) is 73.0 Å². The minimum Gasteiger partial charge on any atom is -0.312 e. The third-order valence-corrected chi connectivity index (χ3v) is 3.26. The lowest BCUT2D eigenvalue weighted by Crippen LogP contribution is -2.16. The molecule has 0 radical (unpaired) electrons. The van der Waals surface area contributed by atoms with Crippen LogP contribution in [0.15, 0.2) is 30.6 Å². The van der Waals surface area contributed by atoms with Crippen LogP contribution in [0.5, 0.6) is 0 Å². The minimum atomic E-state index is -0.453. The van der Waals surface area contributed by atoms with Gasteiger partial charge in [0.15, 0.2) is 0 Å². The van der Waals surface area contributed by atoms with Gasteiger partial charge in [0.1, 0.15) is 0 Å². The van der Waals surface area contributed by atoms with Crippen molar-refractivity contribution in [3.05, 3.63) is 56.9 Å². The van der Waals surface area contributed by atoms with Crippen LogP contribution in [-0.2, 0) is 20.0 Å². The molecule has 6 nitrogen and oxygen atoms in total. The van der Waals surface area contributed by atoms with Crippen molar-refractivity contribution in [2.24, 2.45) is 7.05 Å². The maximum absolute atomic E-state index is 10.6. The lowest BCUT2D eigenvalue weighted by Gasteiger charge is -2.06. The van der Waals surface area contributed by atoms with Crippen molar-refractivity contribution in [1.29, 1.82) is 0 Å². The Hall–Kier alpha value is -1.92. The molecule has 2 aromatic rings. The number of hydrogen-bond acceptors (Lipinski definition) is 4. The van der Waals surface area contributed by atoms with E-state index in [1.165, 1.54) is 12.1 Å². The summed E-state index contributed by atoms with van der Waals surface area (Å²) >= 11 is 6.01. The normalized spacial score (nSPS) is 10.7. The van der Waals surface area contributed by atoms with Gasteiger partial charge in [-0.05, 0) is 30.2 Å². The molecule has 0 fully saturated rings. The van der Waals surface area contributed by atoms with Gasteiger partial charge in [-0.1, -0.05) is 11.6 Å². The molecule has 0 bridgehead atoms. The molecule has 0 saturated carbocycles. The molecule has 0 unspecified atom stereocenters. The van der Waals surface area contributed by atoms with Gasteiger partial charge < -0.3 is 5.32 Å². The summed E-state index contributed by atoms with van der Waals surface area (Å²) in [5.74, 6) is 0. The molecule has 0 atom stereocenters. The second-order valence-electron chi connectivity index (χ2n) is 4.48. The highest BCUT2D eigenvalue weighted by molar-refractivity contribution is 6.31. The molecular weight excluding hydrogens is 280 g/mol. The number of nitro groups is 1. The van der Waals surface area contributed by atoms with Crippen LogP contribution in [0.3, 0.4) is 0 Å². The average molecular weight is 295 g/mol. The molecule has 20 heavy (non-hydrogen) atoms. The Bertz CT molecular complexity index is 612. The predicted molar refractivity (Wildman–Crippen MR) is 76.7 cm³/mol. The molecule has 1 aromatic heterocycles. The molecule has 1 aromatic carbocycles. The van der Waals surface area contributed by atoms with Gasteiger partial charge in [0.05, 0.1) is 16.1 Å². The Labute approximate surface area is 121 Å². The number of aromatic nitrogens is 2. The summed E-state index contributed by atoms with van der Waals surface area (Å²) in [7, 11) is 1.88. The van der Waals surface area contributed by atoms with Gasteiger partial charge in [0, 0.05) is 31.9 Å². The fraction of sp³-hybridized carbons (Fsp3) is 0.308. The van der Waals surface area contributed by atoms with Gasteiger partial charge in [-0.15, -0.1) is 0 Å². The number of hydrogen-bond donors (Lipinski definition) is 1. The summed E-state index contributed by atoms with van der Waals surface area (Å²) in [6.07, 6.45) is 4.68. The zero-order valence-electron chi connectivity index (χ0n) is 11.0. The first-order valence-corrected chi connectivity index (χ1v) is 6.55. The summed E-state index contributed by atoms with van der Waals surface area (Å²) in [5, 5.41) is 18.4. The van der Waals surface area contributed by atoms with Crippen molar-refractivity contribution in [3.63, 3.8) is 0 Å². The van der Waals surface area contributed by atoms with Crippen LogP contribution in [0.2, 0.25) is 5.02 Å². The summed E-state index contributed by atoms with van der Waals surface area (Å²) in [6.45, 7) is 1.37. The Morgan fingerprint density at radius 1 is 1.50 bits per heavy atom. The smallest absolute Gasteiger partial charge is 0.270 e. The third kappa shape index (κ3) is 3.79. The number of nitro benzene ring substituents is 1. The van der Waals surface area contributed by atoms with Crippen LogP contribution in [0.25, 0.3) is 0 Å². The molecule has 7 heteroatoms. The van der Waals surface area contributed by atoms with E-state index in [-0.39, 0.29) is 5.69 Å². The SMILES string of the molecule is Cn1cc(CCNCc2ccc([N+](=O)[O-])cc2Cl)cn1. The standard InChI is InChI=1S/C13H15ClN4O2/c1-17-9-10(7-16-17)4-5-15-8-11-2-3-12(18(19)20)6-13(11)14/h2-3,6-7,9,15H,4-5,8H2,1H3. The lowest BCUT2D eigenvalue weighted by molar-refractivity contribution is -0.384. The van der Waals surface area contributed by atoms with E-state index in [1.54, 1.807) is 10.7 Å². The van der Waals surface area contributed by atoms with Gasteiger partial charge in [-0.2, -0.15) is 5.10 Å². The molecule has 1 N–H and O–H groups in total. The first-order valence-electron chi connectivity index (χ1n) is 6.17. The molecule has 0 aliphatic carbocycles. The Kier molecular flexibility index (Phi) is 4.70. The summed E-state index contributed by atoms with van der Waals surface area (Å²) < 4.78 is 1.77. The molecule has 0 spiro atoms. The van der Waals surface area contributed by atoms with Crippen molar-refractivity contribution in [1.82, 2.24) is 15.1 Å². The quantitative estimate of drug-likeness (QED) is 0.504. The van der Waals surface area contributed by atoms with Crippen LogP contribution in [0, 0.1) is 10.1 Å². The van der Waals surface area contributed by atoms with Gasteiger partial charge in [0.25, 0.3) is 5.69 Å². The average Bonchev–Trinajstić information content (AvgIpc) is 2.81. The van der Waals surface area contributed by atoms with Gasteiger partial charge in [-0.3, -0.25) is 14.8 Å². The van der Waals surface area contributed by atoms with Crippen molar-refractivity contribution >= 4 is 17.3 Å². The Balaban J connectivity index is 1.83. The van der Waals surface area contributed by atoms with Crippen molar-refractivity contribution in [2.45, 2.75) is 13.0 Å². The van der Waals surface area contributed by atoms with Crippen LogP contribution in [-0.4, -0.2) is 21.2 Å². The van der Waals surface area contributed by atoms with E-state index >= 15 is 0 Å². The number of halogens is 1. The van der Waals surface area contributed by atoms with Gasteiger partial charge in [0.2, 0.25) is 0 Å². The Morgan fingerprint density at radius 2 is 2.30 bits per heavy atom. The highest BCUT2D eigenvalue weighted by atomic mass is 35.5. The molecule has 0 amide bonds. The first kappa shape index (κ1) is 14.5. The number of rotatable bonds is 6. The van der Waals surface area contributed by atoms with Gasteiger partial charge >= 0.3 is 0 Å². The fourth-order valence-corrected chi connectivity index (χ4v) is 2.09. The van der Waals surface area contributed by atoms with Crippen LogP contribution >= 0.6 is 11.6 Å². The summed E-state index contributed by atoms with van der Waals surface area (Å²) in [6, 6.07) is 4.52. The summed E-state index contributed by atoms with van der Waals surface area (Å²) in [4.78, 5) is 10.2. The van der Waals surface area contributed by atoms with Crippen molar-refractivity contribution in [3.8, 4) is 0 Å². The molecule has 1 heterocycles. The number of nitrogens with one attached hydrogen (secondary N) is 1. The zero-order chi connectivity index (χ0) is 14.5. The van der Waals surface area contributed by atoms with Crippen LogP contribution in [0.4, 0.5) is 5.69 Å². The predicted octanol–water partition coefficient (Wildman–Crippen LogP) is 2.31. The lowest BCUT2D eigenvalue weighted by atomic mass is 10.2. The number of aryl methyl sites for hydroxylation is 1. The maximum atomic E-state index is 10.6. The second-order valence-corrected chi connectivity index (χ2v) is 4.89. The largest absolute Gasteiger partial charge is 0.312 e. The van der Waals surface area contributed by atoms with Crippen molar-refractivity contribution in [2.75, 3.05) is 6.54 Å². The zero-order valence-corrected chi connectivity index (χ0v) is 11.8. The first-order chi connectivity index (χ1) is 9.56. The molecule has 2 rings (SSSR count). The minimum absolute atomic E-state index is 0.00844. The number of non-ortho nitro benzene ring substituents is 1. The third-order valence-electron chi connectivity index (χ3n) is 2.91. The fourth-order valence-electron chi connectivity index (χ4n) is 1.85. The van der Waals surface area contributed by atoms with Gasteiger partial charge in [-0.25, -0.2) is 0 Å². The van der Waals surface area contributed by atoms with E-state index in [4.69, 9.17) is 11.6 Å². The van der Waals surface area contributed by atoms with Crippen molar-refractivity contribution < 1.29 is 4.92 Å². The van der Waals surface area contributed by atoms with E-state index in [1.807, 2.05) is 19.4 Å². The van der Waals surface area contributed by atoms with Crippen LogP contribution in [0.1, 0.15) is 11.1 Å². The van der Waals surface area contributed by atoms with E-state index in [0.29, 0.717) is 11.6 Å². The monoisotopic (exact) mass is 294 g/mol. The maximum Gasteiger partial charge on any atom is 0.270 e.